The molecule has 0 bridgehead atoms. The van der Waals surface area contributed by atoms with Gasteiger partial charge in [-0.05, 0) is 11.1 Å². The predicted octanol–water partition coefficient (Wildman–Crippen LogP) is 4.81. The van der Waals surface area contributed by atoms with Crippen LogP contribution in [0.15, 0.2) is 60.7 Å². The molecular formula is C18H18OS. The third-order valence-corrected chi connectivity index (χ3v) is 5.70. The van der Waals surface area contributed by atoms with Gasteiger partial charge in [-0.25, -0.2) is 0 Å². The zero-order chi connectivity index (χ0) is 13.9. The molecule has 1 aliphatic rings. The minimum absolute atomic E-state index is 0.0994. The van der Waals surface area contributed by atoms with Gasteiger partial charge in [0.25, 0.3) is 0 Å². The van der Waals surface area contributed by atoms with Gasteiger partial charge in [0.1, 0.15) is 5.78 Å². The molecule has 3 atom stereocenters. The van der Waals surface area contributed by atoms with E-state index in [2.05, 4.69) is 55.5 Å². The SMILES string of the molecule is C[C@@H]1C(=O)C[C@H](c2ccccc2)S[C@H]1c1ccccc1. The zero-order valence-corrected chi connectivity index (χ0v) is 12.3. The highest BCUT2D eigenvalue weighted by atomic mass is 32.2. The first kappa shape index (κ1) is 13.4. The lowest BCUT2D eigenvalue weighted by molar-refractivity contribution is -0.122. The minimum atomic E-state index is 0.0994. The van der Waals surface area contributed by atoms with E-state index in [0.717, 1.165) is 0 Å². The summed E-state index contributed by atoms with van der Waals surface area (Å²) in [6.07, 6.45) is 0.652. The third kappa shape index (κ3) is 2.66. The van der Waals surface area contributed by atoms with Crippen LogP contribution in [0.3, 0.4) is 0 Å². The van der Waals surface area contributed by atoms with Crippen molar-refractivity contribution in [3.05, 3.63) is 71.8 Å². The quantitative estimate of drug-likeness (QED) is 0.786. The van der Waals surface area contributed by atoms with E-state index in [4.69, 9.17) is 0 Å². The highest BCUT2D eigenvalue weighted by Gasteiger charge is 2.35. The second kappa shape index (κ2) is 5.84. The largest absolute Gasteiger partial charge is 0.299 e. The van der Waals surface area contributed by atoms with Gasteiger partial charge in [0.2, 0.25) is 0 Å². The first-order valence-electron chi connectivity index (χ1n) is 7.04. The Bertz CT molecular complexity index is 579. The lowest BCUT2D eigenvalue weighted by Gasteiger charge is -2.33. The molecule has 1 saturated heterocycles. The van der Waals surface area contributed by atoms with E-state index in [-0.39, 0.29) is 16.4 Å². The molecule has 0 amide bonds. The molecule has 1 aliphatic heterocycles. The lowest BCUT2D eigenvalue weighted by atomic mass is 9.92. The number of hydrogen-bond acceptors (Lipinski definition) is 2. The summed E-state index contributed by atoms with van der Waals surface area (Å²) in [6, 6.07) is 20.8. The Hall–Kier alpha value is -1.54. The van der Waals surface area contributed by atoms with Crippen LogP contribution < -0.4 is 0 Å². The number of hydrogen-bond donors (Lipinski definition) is 0. The number of thioether (sulfide) groups is 1. The Morgan fingerprint density at radius 2 is 1.45 bits per heavy atom. The Balaban J connectivity index is 1.89. The number of benzene rings is 2. The molecule has 0 aliphatic carbocycles. The van der Waals surface area contributed by atoms with Crippen molar-refractivity contribution in [1.82, 2.24) is 0 Å². The maximum atomic E-state index is 12.3. The summed E-state index contributed by atoms with van der Waals surface area (Å²) in [7, 11) is 0. The van der Waals surface area contributed by atoms with Crippen LogP contribution >= 0.6 is 11.8 Å². The van der Waals surface area contributed by atoms with E-state index >= 15 is 0 Å². The van der Waals surface area contributed by atoms with Crippen molar-refractivity contribution in [2.75, 3.05) is 0 Å². The van der Waals surface area contributed by atoms with Crippen molar-refractivity contribution in [1.29, 1.82) is 0 Å². The average Bonchev–Trinajstić information content (AvgIpc) is 2.51. The predicted molar refractivity (Wildman–Crippen MR) is 84.7 cm³/mol. The van der Waals surface area contributed by atoms with Gasteiger partial charge in [-0.1, -0.05) is 67.6 Å². The molecule has 0 spiro atoms. The molecule has 20 heavy (non-hydrogen) atoms. The fourth-order valence-corrected chi connectivity index (χ4v) is 4.38. The first-order valence-corrected chi connectivity index (χ1v) is 7.98. The molecule has 0 radical (unpaired) electrons. The maximum Gasteiger partial charge on any atom is 0.138 e. The zero-order valence-electron chi connectivity index (χ0n) is 11.5. The van der Waals surface area contributed by atoms with E-state index in [9.17, 15) is 4.79 Å². The van der Waals surface area contributed by atoms with Gasteiger partial charge in [-0.2, -0.15) is 0 Å². The molecule has 0 unspecified atom stereocenters. The van der Waals surface area contributed by atoms with Gasteiger partial charge in [0.05, 0.1) is 0 Å². The van der Waals surface area contributed by atoms with Gasteiger partial charge >= 0.3 is 0 Å². The molecule has 1 fully saturated rings. The highest BCUT2D eigenvalue weighted by Crippen LogP contribution is 2.51. The van der Waals surface area contributed by atoms with E-state index in [1.165, 1.54) is 11.1 Å². The van der Waals surface area contributed by atoms with Crippen LogP contribution in [-0.4, -0.2) is 5.78 Å². The molecule has 0 saturated carbocycles. The second-order valence-electron chi connectivity index (χ2n) is 5.33. The van der Waals surface area contributed by atoms with Gasteiger partial charge in [0, 0.05) is 22.8 Å². The maximum absolute atomic E-state index is 12.3. The summed E-state index contributed by atoms with van der Waals surface area (Å²) in [5.74, 6) is 0.480. The van der Waals surface area contributed by atoms with Crippen LogP contribution in [-0.2, 0) is 4.79 Å². The Morgan fingerprint density at radius 3 is 2.05 bits per heavy atom. The number of carbonyl (C=O) groups excluding carboxylic acids is 1. The number of Topliss-reactive ketones (excluding diaryl/α,β-unsaturated/α-hetero) is 1. The van der Waals surface area contributed by atoms with Crippen LogP contribution in [0.25, 0.3) is 0 Å². The van der Waals surface area contributed by atoms with E-state index < -0.39 is 0 Å². The van der Waals surface area contributed by atoms with Crippen LogP contribution in [0.1, 0.15) is 35.0 Å². The second-order valence-corrected chi connectivity index (χ2v) is 6.67. The Morgan fingerprint density at radius 1 is 0.900 bits per heavy atom. The lowest BCUT2D eigenvalue weighted by Crippen LogP contribution is -2.25. The van der Waals surface area contributed by atoms with E-state index in [1.54, 1.807) is 0 Å². The summed E-state index contributed by atoms with van der Waals surface area (Å²) in [5.41, 5.74) is 2.53. The van der Waals surface area contributed by atoms with E-state index in [1.807, 2.05) is 23.9 Å². The summed E-state index contributed by atoms with van der Waals surface area (Å²) in [5, 5.41) is 0.549. The molecule has 2 heteroatoms. The van der Waals surface area contributed by atoms with Crippen LogP contribution in [0.4, 0.5) is 0 Å². The molecule has 3 rings (SSSR count). The van der Waals surface area contributed by atoms with E-state index in [0.29, 0.717) is 12.2 Å². The van der Waals surface area contributed by atoms with Crippen LogP contribution in [0, 0.1) is 5.92 Å². The third-order valence-electron chi connectivity index (χ3n) is 3.96. The molecule has 2 aromatic carbocycles. The smallest absolute Gasteiger partial charge is 0.138 e. The fourth-order valence-electron chi connectivity index (χ4n) is 2.75. The van der Waals surface area contributed by atoms with Crippen molar-refractivity contribution in [2.45, 2.75) is 23.8 Å². The minimum Gasteiger partial charge on any atom is -0.299 e. The molecule has 2 aromatic rings. The molecular weight excluding hydrogens is 264 g/mol. The molecule has 0 N–H and O–H groups in total. The van der Waals surface area contributed by atoms with Gasteiger partial charge in [-0.15, -0.1) is 11.8 Å². The van der Waals surface area contributed by atoms with Gasteiger partial charge < -0.3 is 0 Å². The summed E-state index contributed by atoms with van der Waals surface area (Å²) in [4.78, 5) is 12.3. The van der Waals surface area contributed by atoms with Crippen molar-refractivity contribution in [3.63, 3.8) is 0 Å². The Kier molecular flexibility index (Phi) is 3.93. The standard InChI is InChI=1S/C18H18OS/c1-13-16(19)12-17(14-8-4-2-5-9-14)20-18(13)15-10-6-3-7-11-15/h2-11,13,17-18H,12H2,1H3/t13-,17-,18-/m1/s1. The molecule has 1 heterocycles. The topological polar surface area (TPSA) is 17.1 Å². The normalized spacial score (nSPS) is 26.4. The number of carbonyl (C=O) groups is 1. The van der Waals surface area contributed by atoms with Crippen molar-refractivity contribution in [3.8, 4) is 0 Å². The number of ketones is 1. The monoisotopic (exact) mass is 282 g/mol. The van der Waals surface area contributed by atoms with Crippen molar-refractivity contribution >= 4 is 17.5 Å². The Labute approximate surface area is 124 Å². The van der Waals surface area contributed by atoms with Crippen molar-refractivity contribution in [2.24, 2.45) is 5.92 Å². The molecule has 0 aromatic heterocycles. The van der Waals surface area contributed by atoms with Crippen molar-refractivity contribution < 1.29 is 4.79 Å². The summed E-state index contributed by atoms with van der Waals surface area (Å²) < 4.78 is 0. The molecule has 102 valence electrons. The molecule has 1 nitrogen and oxygen atoms in total. The highest BCUT2D eigenvalue weighted by molar-refractivity contribution is 7.99. The van der Waals surface area contributed by atoms with Crippen LogP contribution in [0.2, 0.25) is 0 Å². The summed E-state index contributed by atoms with van der Waals surface area (Å²) >= 11 is 1.93. The average molecular weight is 282 g/mol. The summed E-state index contributed by atoms with van der Waals surface area (Å²) in [6.45, 7) is 2.06. The number of rotatable bonds is 2. The van der Waals surface area contributed by atoms with Crippen LogP contribution in [0.5, 0.6) is 0 Å². The van der Waals surface area contributed by atoms with Gasteiger partial charge in [0.15, 0.2) is 0 Å². The first-order chi connectivity index (χ1) is 9.75. The van der Waals surface area contributed by atoms with Gasteiger partial charge in [-0.3, -0.25) is 4.79 Å². The fraction of sp³-hybridized carbons (Fsp3) is 0.278.